The molecular weight excluding hydrogens is 596 g/mol. The predicted molar refractivity (Wildman–Crippen MR) is 178 cm³/mol. The van der Waals surface area contributed by atoms with Crippen molar-refractivity contribution in [2.45, 2.75) is 75.9 Å². The lowest BCUT2D eigenvalue weighted by Gasteiger charge is -2.41. The summed E-state index contributed by atoms with van der Waals surface area (Å²) in [5.74, 6) is 0.361. The molecule has 3 amide bonds. The van der Waals surface area contributed by atoms with Gasteiger partial charge in [-0.25, -0.2) is 4.79 Å². The van der Waals surface area contributed by atoms with Gasteiger partial charge >= 0.3 is 6.09 Å². The molecule has 1 unspecified atom stereocenters. The van der Waals surface area contributed by atoms with Crippen LogP contribution in [0, 0.1) is 6.92 Å². The molecule has 0 saturated carbocycles. The fourth-order valence-corrected chi connectivity index (χ4v) is 7.64. The van der Waals surface area contributed by atoms with Crippen molar-refractivity contribution < 1.29 is 19.2 Å². The number of fused-ring (bicyclic) bond motifs is 1. The maximum Gasteiger partial charge on any atom is 0.426 e. The maximum atomic E-state index is 14.0. The Hall–Kier alpha value is -4.29. The zero-order valence-electron chi connectivity index (χ0n) is 27.0. The van der Waals surface area contributed by atoms with Gasteiger partial charge in [-0.05, 0) is 75.7 Å². The van der Waals surface area contributed by atoms with E-state index in [0.717, 1.165) is 53.5 Å². The van der Waals surface area contributed by atoms with Crippen LogP contribution < -0.4 is 10.6 Å². The molecule has 4 aliphatic rings. The van der Waals surface area contributed by atoms with Gasteiger partial charge in [0, 0.05) is 49.6 Å². The van der Waals surface area contributed by atoms with Crippen LogP contribution in [-0.4, -0.2) is 106 Å². The number of hydrogen-bond donors (Lipinski definition) is 3. The van der Waals surface area contributed by atoms with Crippen molar-refractivity contribution in [3.05, 3.63) is 65.4 Å². The first kappa shape index (κ1) is 31.3. The molecule has 2 aromatic carbocycles. The summed E-state index contributed by atoms with van der Waals surface area (Å²) in [5.41, 5.74) is 2.93. The normalized spacial score (nSPS) is 21.4. The van der Waals surface area contributed by atoms with Gasteiger partial charge in [-0.1, -0.05) is 42.8 Å². The third-order valence-electron chi connectivity index (χ3n) is 10.3. The summed E-state index contributed by atoms with van der Waals surface area (Å²) >= 11 is 0. The van der Waals surface area contributed by atoms with E-state index < -0.39 is 17.7 Å². The monoisotopic (exact) mass is 640 g/mol. The van der Waals surface area contributed by atoms with Gasteiger partial charge in [0.1, 0.15) is 17.4 Å². The van der Waals surface area contributed by atoms with Crippen LogP contribution in [0.4, 0.5) is 4.79 Å². The SMILES string of the molecule is Cc1cc(CC(NC(=O)ON2CCC3(CC2)N=C(c2ccccc2)NC3=O)C(=O)N2CCC(N3CCCCC3)CC2)cc2cn[nH]c12. The average molecular weight is 641 g/mol. The number of hydroxylamine groups is 2. The van der Waals surface area contributed by atoms with Gasteiger partial charge in [0.15, 0.2) is 0 Å². The van der Waals surface area contributed by atoms with Gasteiger partial charge in [-0.2, -0.15) is 5.10 Å². The Bertz CT molecular complexity index is 1630. The number of carbonyl (C=O) groups excluding carboxylic acids is 3. The topological polar surface area (TPSA) is 135 Å². The van der Waals surface area contributed by atoms with E-state index in [1.54, 1.807) is 11.3 Å². The number of likely N-dealkylation sites (tertiary alicyclic amines) is 2. The minimum Gasteiger partial charge on any atom is -0.351 e. The summed E-state index contributed by atoms with van der Waals surface area (Å²) in [6, 6.07) is 13.4. The van der Waals surface area contributed by atoms with E-state index in [-0.39, 0.29) is 11.8 Å². The number of amides is 3. The molecule has 3 fully saturated rings. The maximum absolute atomic E-state index is 14.0. The molecule has 47 heavy (non-hydrogen) atoms. The number of piperidine rings is 3. The Balaban J connectivity index is 1.00. The number of amidine groups is 1. The minimum atomic E-state index is -0.871. The van der Waals surface area contributed by atoms with Crippen LogP contribution in [0.1, 0.15) is 61.6 Å². The van der Waals surface area contributed by atoms with Gasteiger partial charge in [-0.3, -0.25) is 19.7 Å². The number of hydrogen-bond acceptors (Lipinski definition) is 8. The Labute approximate surface area is 274 Å². The standard InChI is InChI=1S/C35H44N8O4/c1-24-20-25(21-27-23-36-40-30(24)27)22-29(32(44)42-16-10-28(11-17-42)41-14-6-3-7-15-41)37-34(46)47-43-18-12-35(13-19-43)33(45)38-31(39-35)26-8-4-2-5-9-26/h2,4-5,8-9,20-21,23,28-29H,3,6-7,10-19,22H2,1H3,(H,36,40)(H,37,46)(H,38,39,45). The number of nitrogens with one attached hydrogen (secondary N) is 3. The molecule has 1 spiro atoms. The second-order valence-electron chi connectivity index (χ2n) is 13.4. The number of benzene rings is 2. The minimum absolute atomic E-state index is 0.0907. The molecule has 12 heteroatoms. The van der Waals surface area contributed by atoms with Crippen LogP contribution in [0.25, 0.3) is 10.9 Å². The Morgan fingerprint density at radius 2 is 1.77 bits per heavy atom. The molecule has 7 rings (SSSR count). The number of aromatic nitrogens is 2. The molecule has 1 aromatic heterocycles. The molecule has 1 atom stereocenters. The quantitative estimate of drug-likeness (QED) is 0.361. The summed E-state index contributed by atoms with van der Waals surface area (Å²) < 4.78 is 0. The van der Waals surface area contributed by atoms with Crippen molar-refractivity contribution in [2.24, 2.45) is 4.99 Å². The molecule has 5 heterocycles. The van der Waals surface area contributed by atoms with E-state index in [2.05, 4.69) is 25.7 Å². The number of aromatic amines is 1. The van der Waals surface area contributed by atoms with Crippen molar-refractivity contribution in [1.82, 2.24) is 35.7 Å². The van der Waals surface area contributed by atoms with E-state index in [9.17, 15) is 14.4 Å². The molecule has 3 aromatic rings. The molecule has 3 saturated heterocycles. The molecular formula is C35H44N8O4. The summed E-state index contributed by atoms with van der Waals surface area (Å²) in [6.45, 7) is 6.36. The second-order valence-corrected chi connectivity index (χ2v) is 13.4. The highest BCUT2D eigenvalue weighted by atomic mass is 16.7. The molecule has 0 aliphatic carbocycles. The lowest BCUT2D eigenvalue weighted by molar-refractivity contribution is -0.141. The first-order valence-corrected chi connectivity index (χ1v) is 17.0. The van der Waals surface area contributed by atoms with E-state index in [0.29, 0.717) is 57.3 Å². The second kappa shape index (κ2) is 13.4. The third kappa shape index (κ3) is 6.75. The fraction of sp³-hybridized carbons (Fsp3) is 0.514. The van der Waals surface area contributed by atoms with E-state index in [1.807, 2.05) is 54.3 Å². The highest BCUT2D eigenvalue weighted by Gasteiger charge is 2.46. The van der Waals surface area contributed by atoms with Gasteiger partial charge in [0.2, 0.25) is 5.91 Å². The largest absolute Gasteiger partial charge is 0.426 e. The lowest BCUT2D eigenvalue weighted by atomic mass is 9.89. The summed E-state index contributed by atoms with van der Waals surface area (Å²) in [7, 11) is 0. The van der Waals surface area contributed by atoms with E-state index >= 15 is 0 Å². The van der Waals surface area contributed by atoms with E-state index in [1.165, 1.54) is 19.3 Å². The van der Waals surface area contributed by atoms with Gasteiger partial charge in [0.25, 0.3) is 5.91 Å². The Kier molecular flexibility index (Phi) is 8.96. The van der Waals surface area contributed by atoms with Crippen LogP contribution in [0.3, 0.4) is 0 Å². The zero-order valence-corrected chi connectivity index (χ0v) is 27.0. The number of aliphatic imine (C=N–C) groups is 1. The van der Waals surface area contributed by atoms with Crippen LogP contribution in [-0.2, 0) is 20.8 Å². The summed E-state index contributed by atoms with van der Waals surface area (Å²) in [6.07, 6.45) is 7.97. The van der Waals surface area contributed by atoms with Crippen molar-refractivity contribution >= 4 is 34.6 Å². The molecule has 4 aliphatic heterocycles. The predicted octanol–water partition coefficient (Wildman–Crippen LogP) is 3.31. The summed E-state index contributed by atoms with van der Waals surface area (Å²) in [5, 5.41) is 15.6. The van der Waals surface area contributed by atoms with Crippen LogP contribution in [0.2, 0.25) is 0 Å². The number of H-pyrrole nitrogens is 1. The van der Waals surface area contributed by atoms with Crippen LogP contribution in [0.5, 0.6) is 0 Å². The van der Waals surface area contributed by atoms with Gasteiger partial charge in [0.05, 0.1) is 11.7 Å². The molecule has 3 N–H and O–H groups in total. The smallest absolute Gasteiger partial charge is 0.351 e. The van der Waals surface area contributed by atoms with Crippen LogP contribution in [0.15, 0.2) is 53.7 Å². The zero-order chi connectivity index (χ0) is 32.4. The Morgan fingerprint density at radius 1 is 1.02 bits per heavy atom. The average Bonchev–Trinajstić information content (AvgIpc) is 3.71. The molecule has 12 nitrogen and oxygen atoms in total. The number of aryl methyl sites for hydroxylation is 1. The molecule has 248 valence electrons. The van der Waals surface area contributed by atoms with Crippen molar-refractivity contribution in [1.29, 1.82) is 0 Å². The Morgan fingerprint density at radius 3 is 2.51 bits per heavy atom. The van der Waals surface area contributed by atoms with Gasteiger partial charge in [-0.15, -0.1) is 5.06 Å². The first-order chi connectivity index (χ1) is 22.9. The number of carbonyl (C=O) groups is 3. The van der Waals surface area contributed by atoms with Crippen molar-refractivity contribution in [3.8, 4) is 0 Å². The lowest BCUT2D eigenvalue weighted by Crippen LogP contribution is -2.55. The molecule has 0 bridgehead atoms. The molecule has 0 radical (unpaired) electrons. The number of nitrogens with zero attached hydrogens (tertiary/aromatic N) is 5. The number of rotatable bonds is 7. The summed E-state index contributed by atoms with van der Waals surface area (Å²) in [4.78, 5) is 55.4. The highest BCUT2D eigenvalue weighted by molar-refractivity contribution is 6.15. The van der Waals surface area contributed by atoms with Crippen molar-refractivity contribution in [3.63, 3.8) is 0 Å². The van der Waals surface area contributed by atoms with Gasteiger partial charge < -0.3 is 25.3 Å². The van der Waals surface area contributed by atoms with Crippen molar-refractivity contribution in [2.75, 3.05) is 39.3 Å². The first-order valence-electron chi connectivity index (χ1n) is 17.0. The third-order valence-corrected chi connectivity index (χ3v) is 10.3. The fourth-order valence-electron chi connectivity index (χ4n) is 7.64. The van der Waals surface area contributed by atoms with E-state index in [4.69, 9.17) is 9.83 Å². The van der Waals surface area contributed by atoms with Crippen LogP contribution >= 0.6 is 0 Å². The highest BCUT2D eigenvalue weighted by Crippen LogP contribution is 2.31.